The fourth-order valence-electron chi connectivity index (χ4n) is 1.70. The molecule has 2 aromatic rings. The number of nitrogens with zero attached hydrogens (tertiary/aromatic N) is 1. The summed E-state index contributed by atoms with van der Waals surface area (Å²) in [4.78, 5) is 0. The lowest BCUT2D eigenvalue weighted by Crippen LogP contribution is -2.00. The summed E-state index contributed by atoms with van der Waals surface area (Å²) >= 11 is 11.9. The zero-order chi connectivity index (χ0) is 13.7. The second-order valence-electron chi connectivity index (χ2n) is 3.97. The number of hydrogen-bond acceptors (Lipinski definition) is 2. The number of benzene rings is 2. The maximum atomic E-state index is 8.78. The first kappa shape index (κ1) is 13.7. The van der Waals surface area contributed by atoms with Crippen LogP contribution >= 0.6 is 23.2 Å². The predicted octanol–water partition coefficient (Wildman–Crippen LogP) is 4.64. The lowest BCUT2D eigenvalue weighted by atomic mass is 10.1. The second kappa shape index (κ2) is 6.47. The Balaban J connectivity index is 2.12. The molecular weight excluding hydrogens is 281 g/mol. The van der Waals surface area contributed by atoms with E-state index in [0.717, 1.165) is 11.1 Å². The minimum Gasteiger partial charge on any atom is -0.487 e. The van der Waals surface area contributed by atoms with E-state index in [1.54, 1.807) is 18.2 Å². The Morgan fingerprint density at radius 2 is 1.79 bits per heavy atom. The molecule has 0 fully saturated rings. The van der Waals surface area contributed by atoms with Crippen molar-refractivity contribution in [2.24, 2.45) is 0 Å². The maximum absolute atomic E-state index is 8.78. The van der Waals surface area contributed by atoms with Crippen molar-refractivity contribution in [2.45, 2.75) is 13.0 Å². The molecule has 0 N–H and O–H groups in total. The van der Waals surface area contributed by atoms with E-state index in [2.05, 4.69) is 6.07 Å². The van der Waals surface area contributed by atoms with E-state index in [0.29, 0.717) is 28.8 Å². The Kier molecular flexibility index (Phi) is 4.68. The van der Waals surface area contributed by atoms with Crippen molar-refractivity contribution in [3.63, 3.8) is 0 Å². The summed E-state index contributed by atoms with van der Waals surface area (Å²) in [5.74, 6) is 0.581. The third-order valence-electron chi connectivity index (χ3n) is 2.66. The molecule has 0 saturated carbocycles. The molecule has 0 spiro atoms. The van der Waals surface area contributed by atoms with Crippen LogP contribution in [0.1, 0.15) is 11.1 Å². The van der Waals surface area contributed by atoms with Gasteiger partial charge in [0, 0.05) is 5.02 Å². The van der Waals surface area contributed by atoms with Crippen LogP contribution in [0, 0.1) is 11.3 Å². The van der Waals surface area contributed by atoms with Gasteiger partial charge in [0.15, 0.2) is 0 Å². The molecule has 2 aromatic carbocycles. The van der Waals surface area contributed by atoms with Gasteiger partial charge in [-0.3, -0.25) is 0 Å². The Morgan fingerprint density at radius 1 is 1.05 bits per heavy atom. The molecule has 19 heavy (non-hydrogen) atoms. The molecule has 0 aliphatic rings. The molecule has 0 bridgehead atoms. The molecule has 0 aliphatic carbocycles. The van der Waals surface area contributed by atoms with Gasteiger partial charge in [0.25, 0.3) is 0 Å². The SMILES string of the molecule is N#CCc1ccccc1COc1ccc(Cl)cc1Cl. The Bertz CT molecular complexity index is 620. The average molecular weight is 292 g/mol. The van der Waals surface area contributed by atoms with Crippen molar-refractivity contribution >= 4 is 23.2 Å². The van der Waals surface area contributed by atoms with Gasteiger partial charge >= 0.3 is 0 Å². The van der Waals surface area contributed by atoms with E-state index in [9.17, 15) is 0 Å². The highest BCUT2D eigenvalue weighted by Gasteiger charge is 2.05. The van der Waals surface area contributed by atoms with Gasteiger partial charge in [0.1, 0.15) is 12.4 Å². The van der Waals surface area contributed by atoms with Crippen LogP contribution < -0.4 is 4.74 Å². The van der Waals surface area contributed by atoms with E-state index >= 15 is 0 Å². The molecule has 0 heterocycles. The maximum Gasteiger partial charge on any atom is 0.138 e. The first-order valence-corrected chi connectivity index (χ1v) is 6.48. The third-order valence-corrected chi connectivity index (χ3v) is 3.20. The number of rotatable bonds is 4. The summed E-state index contributed by atoms with van der Waals surface area (Å²) in [5, 5.41) is 9.83. The van der Waals surface area contributed by atoms with Gasteiger partial charge in [0.05, 0.1) is 17.5 Å². The standard InChI is InChI=1S/C15H11Cl2NO/c16-13-5-6-15(14(17)9-13)19-10-12-4-2-1-3-11(12)7-8-18/h1-6,9H,7,10H2. The van der Waals surface area contributed by atoms with Crippen LogP contribution in [0.5, 0.6) is 5.75 Å². The molecule has 96 valence electrons. The van der Waals surface area contributed by atoms with Crippen LogP contribution in [-0.4, -0.2) is 0 Å². The second-order valence-corrected chi connectivity index (χ2v) is 4.81. The minimum atomic E-state index is 0.369. The van der Waals surface area contributed by atoms with E-state index in [1.165, 1.54) is 0 Å². The van der Waals surface area contributed by atoms with Gasteiger partial charge in [-0.05, 0) is 29.3 Å². The van der Waals surface area contributed by atoms with E-state index in [4.69, 9.17) is 33.2 Å². The third kappa shape index (κ3) is 3.64. The lowest BCUT2D eigenvalue weighted by Gasteiger charge is -2.10. The highest BCUT2D eigenvalue weighted by molar-refractivity contribution is 6.35. The normalized spacial score (nSPS) is 9.95. The summed E-state index contributed by atoms with van der Waals surface area (Å²) in [7, 11) is 0. The van der Waals surface area contributed by atoms with E-state index < -0.39 is 0 Å². The predicted molar refractivity (Wildman–Crippen MR) is 76.6 cm³/mol. The van der Waals surface area contributed by atoms with Gasteiger partial charge in [-0.15, -0.1) is 0 Å². The van der Waals surface area contributed by atoms with Crippen LogP contribution in [0.2, 0.25) is 10.0 Å². The van der Waals surface area contributed by atoms with Crippen LogP contribution in [0.3, 0.4) is 0 Å². The molecule has 0 unspecified atom stereocenters. The highest BCUT2D eigenvalue weighted by atomic mass is 35.5. The number of hydrogen-bond donors (Lipinski definition) is 0. The highest BCUT2D eigenvalue weighted by Crippen LogP contribution is 2.28. The molecule has 2 nitrogen and oxygen atoms in total. The van der Waals surface area contributed by atoms with Crippen molar-refractivity contribution in [3.8, 4) is 11.8 Å². The molecule has 0 saturated heterocycles. The largest absolute Gasteiger partial charge is 0.487 e. The molecule has 0 amide bonds. The van der Waals surface area contributed by atoms with Crippen molar-refractivity contribution in [2.75, 3.05) is 0 Å². The lowest BCUT2D eigenvalue weighted by molar-refractivity contribution is 0.305. The number of nitriles is 1. The topological polar surface area (TPSA) is 33.0 Å². The molecular formula is C15H11Cl2NO. The van der Waals surface area contributed by atoms with Crippen LogP contribution in [-0.2, 0) is 13.0 Å². The zero-order valence-electron chi connectivity index (χ0n) is 10.1. The van der Waals surface area contributed by atoms with Crippen LogP contribution in [0.25, 0.3) is 0 Å². The van der Waals surface area contributed by atoms with Gasteiger partial charge in [-0.1, -0.05) is 47.5 Å². The minimum absolute atomic E-state index is 0.369. The summed E-state index contributed by atoms with van der Waals surface area (Å²) in [6, 6.07) is 14.9. The first-order chi connectivity index (χ1) is 9.20. The summed E-state index contributed by atoms with van der Waals surface area (Å²) < 4.78 is 5.66. The van der Waals surface area contributed by atoms with Crippen molar-refractivity contribution < 1.29 is 4.74 Å². The van der Waals surface area contributed by atoms with Gasteiger partial charge in [-0.2, -0.15) is 5.26 Å². The van der Waals surface area contributed by atoms with Gasteiger partial charge < -0.3 is 4.74 Å². The molecule has 4 heteroatoms. The fraction of sp³-hybridized carbons (Fsp3) is 0.133. The number of ether oxygens (including phenoxy) is 1. The number of halogens is 2. The molecule has 0 aliphatic heterocycles. The van der Waals surface area contributed by atoms with Crippen molar-refractivity contribution in [1.29, 1.82) is 5.26 Å². The Hall–Kier alpha value is -1.69. The quantitative estimate of drug-likeness (QED) is 0.822. The smallest absolute Gasteiger partial charge is 0.138 e. The van der Waals surface area contributed by atoms with Crippen LogP contribution in [0.4, 0.5) is 0 Å². The summed E-state index contributed by atoms with van der Waals surface area (Å²) in [6.07, 6.45) is 0.369. The molecule has 0 atom stereocenters. The zero-order valence-corrected chi connectivity index (χ0v) is 11.6. The van der Waals surface area contributed by atoms with Gasteiger partial charge in [0.2, 0.25) is 0 Å². The fourth-order valence-corrected chi connectivity index (χ4v) is 2.17. The van der Waals surface area contributed by atoms with E-state index in [1.807, 2.05) is 24.3 Å². The van der Waals surface area contributed by atoms with Crippen molar-refractivity contribution in [3.05, 3.63) is 63.6 Å². The molecule has 0 radical (unpaired) electrons. The summed E-state index contributed by atoms with van der Waals surface area (Å²) in [5.41, 5.74) is 1.95. The summed E-state index contributed by atoms with van der Waals surface area (Å²) in [6.45, 7) is 0.374. The van der Waals surface area contributed by atoms with E-state index in [-0.39, 0.29) is 0 Å². The van der Waals surface area contributed by atoms with Crippen molar-refractivity contribution in [1.82, 2.24) is 0 Å². The van der Waals surface area contributed by atoms with Crippen LogP contribution in [0.15, 0.2) is 42.5 Å². The Morgan fingerprint density at radius 3 is 2.47 bits per heavy atom. The molecule has 2 rings (SSSR count). The first-order valence-electron chi connectivity index (χ1n) is 5.72. The van der Waals surface area contributed by atoms with Gasteiger partial charge in [-0.25, -0.2) is 0 Å². The average Bonchev–Trinajstić information content (AvgIpc) is 2.40. The Labute approximate surface area is 122 Å². The molecule has 0 aromatic heterocycles. The monoisotopic (exact) mass is 291 g/mol.